The monoisotopic (exact) mass is 369 g/mol. The number of pyridine rings is 1. The summed E-state index contributed by atoms with van der Waals surface area (Å²) in [4.78, 5) is 15.1. The number of halogens is 1. The van der Waals surface area contributed by atoms with Gasteiger partial charge in [-0.2, -0.15) is 5.26 Å². The van der Waals surface area contributed by atoms with Crippen LogP contribution >= 0.6 is 11.6 Å². The zero-order valence-electron chi connectivity index (χ0n) is 14.2. The number of aromatic amines is 1. The van der Waals surface area contributed by atoms with Gasteiger partial charge in [-0.25, -0.2) is 0 Å². The quantitative estimate of drug-likeness (QED) is 0.716. The number of rotatable bonds is 5. The molecule has 2 aromatic carbocycles. The standard InChI is InChI=1S/C19H16ClN3O3/c1-25-16-7-13(8-17(26-2)14(16)9-21)22-10-12-6-11-4-3-5-15(20)18(11)23-19(12)24/h3-8,22H,10H2,1-2H3,(H,23,24). The summed E-state index contributed by atoms with van der Waals surface area (Å²) >= 11 is 6.11. The smallest absolute Gasteiger partial charge is 0.253 e. The normalized spacial score (nSPS) is 10.4. The van der Waals surface area contributed by atoms with Gasteiger partial charge >= 0.3 is 0 Å². The molecule has 0 aliphatic carbocycles. The zero-order valence-corrected chi connectivity index (χ0v) is 15.0. The van der Waals surface area contributed by atoms with Crippen LogP contribution in [-0.2, 0) is 6.54 Å². The molecule has 0 amide bonds. The van der Waals surface area contributed by atoms with Gasteiger partial charge in [-0.05, 0) is 12.1 Å². The number of nitrogens with zero attached hydrogens (tertiary/aromatic N) is 1. The molecule has 0 aliphatic rings. The highest BCUT2D eigenvalue weighted by Crippen LogP contribution is 2.32. The van der Waals surface area contributed by atoms with Gasteiger partial charge in [-0.15, -0.1) is 0 Å². The molecule has 1 aromatic heterocycles. The molecule has 0 spiro atoms. The number of hydrogen-bond donors (Lipinski definition) is 2. The molecule has 132 valence electrons. The minimum absolute atomic E-state index is 0.217. The highest BCUT2D eigenvalue weighted by molar-refractivity contribution is 6.35. The van der Waals surface area contributed by atoms with Crippen molar-refractivity contribution < 1.29 is 9.47 Å². The molecule has 0 radical (unpaired) electrons. The SMILES string of the molecule is COc1cc(NCc2cc3cccc(Cl)c3[nH]c2=O)cc(OC)c1C#N. The minimum atomic E-state index is -0.217. The Morgan fingerprint density at radius 1 is 1.19 bits per heavy atom. The number of fused-ring (bicyclic) bond motifs is 1. The third kappa shape index (κ3) is 3.30. The molecule has 6 nitrogen and oxygen atoms in total. The summed E-state index contributed by atoms with van der Waals surface area (Å²) in [6.45, 7) is 0.288. The summed E-state index contributed by atoms with van der Waals surface area (Å²) in [7, 11) is 2.97. The number of hydrogen-bond acceptors (Lipinski definition) is 5. The fraction of sp³-hybridized carbons (Fsp3) is 0.158. The van der Waals surface area contributed by atoms with Crippen LogP contribution in [0.4, 0.5) is 5.69 Å². The van der Waals surface area contributed by atoms with Gasteiger partial charge in [0.1, 0.15) is 23.1 Å². The average molecular weight is 370 g/mol. The summed E-state index contributed by atoms with van der Waals surface area (Å²) in [6, 6.07) is 12.7. The van der Waals surface area contributed by atoms with Gasteiger partial charge < -0.3 is 19.8 Å². The van der Waals surface area contributed by atoms with Crippen LogP contribution in [-0.4, -0.2) is 19.2 Å². The predicted molar refractivity (Wildman–Crippen MR) is 101 cm³/mol. The highest BCUT2D eigenvalue weighted by atomic mass is 35.5. The van der Waals surface area contributed by atoms with Crippen molar-refractivity contribution in [2.24, 2.45) is 0 Å². The second kappa shape index (κ2) is 7.38. The van der Waals surface area contributed by atoms with Crippen molar-refractivity contribution in [3.05, 3.63) is 62.9 Å². The number of H-pyrrole nitrogens is 1. The van der Waals surface area contributed by atoms with Crippen molar-refractivity contribution in [2.45, 2.75) is 6.54 Å². The maximum atomic E-state index is 12.3. The van der Waals surface area contributed by atoms with Crippen molar-refractivity contribution in [2.75, 3.05) is 19.5 Å². The number of aromatic nitrogens is 1. The van der Waals surface area contributed by atoms with E-state index >= 15 is 0 Å². The van der Waals surface area contributed by atoms with E-state index < -0.39 is 0 Å². The van der Waals surface area contributed by atoms with E-state index in [1.807, 2.05) is 12.1 Å². The number of anilines is 1. The van der Waals surface area contributed by atoms with E-state index in [-0.39, 0.29) is 12.1 Å². The molecular weight excluding hydrogens is 354 g/mol. The number of benzene rings is 2. The molecule has 0 aliphatic heterocycles. The van der Waals surface area contributed by atoms with Crippen LogP contribution in [0.15, 0.2) is 41.2 Å². The van der Waals surface area contributed by atoms with E-state index in [0.717, 1.165) is 5.39 Å². The van der Waals surface area contributed by atoms with Gasteiger partial charge in [0.05, 0.1) is 24.8 Å². The molecule has 0 saturated carbocycles. The predicted octanol–water partition coefficient (Wildman–Crippen LogP) is 3.68. The number of methoxy groups -OCH3 is 2. The third-order valence-corrected chi connectivity index (χ3v) is 4.32. The third-order valence-electron chi connectivity index (χ3n) is 4.01. The Labute approximate surface area is 154 Å². The summed E-state index contributed by atoms with van der Waals surface area (Å²) < 4.78 is 10.5. The van der Waals surface area contributed by atoms with Crippen LogP contribution in [0.3, 0.4) is 0 Å². The molecule has 26 heavy (non-hydrogen) atoms. The minimum Gasteiger partial charge on any atom is -0.495 e. The second-order valence-electron chi connectivity index (χ2n) is 5.55. The Kier molecular flexibility index (Phi) is 5.01. The fourth-order valence-electron chi connectivity index (χ4n) is 2.69. The first-order chi connectivity index (χ1) is 12.6. The molecule has 0 bridgehead atoms. The van der Waals surface area contributed by atoms with E-state index in [0.29, 0.717) is 38.9 Å². The van der Waals surface area contributed by atoms with Crippen molar-refractivity contribution in [3.8, 4) is 17.6 Å². The average Bonchev–Trinajstić information content (AvgIpc) is 2.66. The number of para-hydroxylation sites is 1. The van der Waals surface area contributed by atoms with E-state index in [4.69, 9.17) is 21.1 Å². The number of nitriles is 1. The van der Waals surface area contributed by atoms with E-state index in [1.165, 1.54) is 14.2 Å². The molecule has 2 N–H and O–H groups in total. The fourth-order valence-corrected chi connectivity index (χ4v) is 2.92. The van der Waals surface area contributed by atoms with E-state index in [1.54, 1.807) is 24.3 Å². The Balaban J connectivity index is 1.92. The van der Waals surface area contributed by atoms with Crippen LogP contribution in [0.1, 0.15) is 11.1 Å². The molecule has 0 fully saturated rings. The van der Waals surface area contributed by atoms with Gasteiger partial charge in [0.2, 0.25) is 0 Å². The molecular formula is C19H16ClN3O3. The lowest BCUT2D eigenvalue weighted by Gasteiger charge is -2.13. The Morgan fingerprint density at radius 2 is 1.88 bits per heavy atom. The van der Waals surface area contributed by atoms with Gasteiger partial charge in [0.25, 0.3) is 5.56 Å². The van der Waals surface area contributed by atoms with Crippen LogP contribution in [0.2, 0.25) is 5.02 Å². The molecule has 0 unspecified atom stereocenters. The number of ether oxygens (including phenoxy) is 2. The van der Waals surface area contributed by atoms with Crippen molar-refractivity contribution in [3.63, 3.8) is 0 Å². The van der Waals surface area contributed by atoms with Crippen molar-refractivity contribution >= 4 is 28.2 Å². The van der Waals surface area contributed by atoms with Crippen LogP contribution in [0.5, 0.6) is 11.5 Å². The lowest BCUT2D eigenvalue weighted by atomic mass is 10.1. The van der Waals surface area contributed by atoms with Crippen LogP contribution in [0.25, 0.3) is 10.9 Å². The first-order valence-electron chi connectivity index (χ1n) is 7.77. The van der Waals surface area contributed by atoms with Crippen LogP contribution < -0.4 is 20.3 Å². The van der Waals surface area contributed by atoms with Crippen molar-refractivity contribution in [1.29, 1.82) is 5.26 Å². The maximum absolute atomic E-state index is 12.3. The van der Waals surface area contributed by atoms with Crippen LogP contribution in [0, 0.1) is 11.3 Å². The molecule has 3 aromatic rings. The summed E-state index contributed by atoms with van der Waals surface area (Å²) in [5, 5.41) is 13.7. The van der Waals surface area contributed by atoms with Gasteiger partial charge in [0, 0.05) is 35.3 Å². The lowest BCUT2D eigenvalue weighted by Crippen LogP contribution is -2.15. The Bertz CT molecular complexity index is 1040. The molecule has 0 atom stereocenters. The Hall–Kier alpha value is -3.17. The first-order valence-corrected chi connectivity index (χ1v) is 8.15. The van der Waals surface area contributed by atoms with Gasteiger partial charge in [-0.3, -0.25) is 4.79 Å². The summed E-state index contributed by atoms with van der Waals surface area (Å²) in [5.41, 5.74) is 1.94. The first kappa shape index (κ1) is 17.6. The zero-order chi connectivity index (χ0) is 18.7. The number of nitrogens with one attached hydrogen (secondary N) is 2. The second-order valence-corrected chi connectivity index (χ2v) is 5.96. The Morgan fingerprint density at radius 3 is 2.50 bits per heavy atom. The van der Waals surface area contributed by atoms with Gasteiger partial charge in [0.15, 0.2) is 0 Å². The molecule has 1 heterocycles. The largest absolute Gasteiger partial charge is 0.495 e. The highest BCUT2D eigenvalue weighted by Gasteiger charge is 2.12. The van der Waals surface area contributed by atoms with Gasteiger partial charge in [-0.1, -0.05) is 23.7 Å². The molecule has 7 heteroatoms. The van der Waals surface area contributed by atoms with Crippen molar-refractivity contribution in [1.82, 2.24) is 4.98 Å². The lowest BCUT2D eigenvalue weighted by molar-refractivity contribution is 0.392. The summed E-state index contributed by atoms with van der Waals surface area (Å²) in [5.74, 6) is 0.794. The summed E-state index contributed by atoms with van der Waals surface area (Å²) in [6.07, 6.45) is 0. The molecule has 0 saturated heterocycles. The topological polar surface area (TPSA) is 87.1 Å². The molecule has 3 rings (SSSR count). The van der Waals surface area contributed by atoms with E-state index in [2.05, 4.69) is 16.4 Å². The maximum Gasteiger partial charge on any atom is 0.253 e. The van der Waals surface area contributed by atoms with E-state index in [9.17, 15) is 10.1 Å².